The summed E-state index contributed by atoms with van der Waals surface area (Å²) in [4.78, 5) is 20.1. The summed E-state index contributed by atoms with van der Waals surface area (Å²) < 4.78 is 2.41. The molecule has 192 valence electrons. The lowest BCUT2D eigenvalue weighted by molar-refractivity contribution is -0.133. The summed E-state index contributed by atoms with van der Waals surface area (Å²) in [7, 11) is 0. The minimum atomic E-state index is 0.327. The Morgan fingerprint density at radius 1 is 1.20 bits per heavy atom. The Kier molecular flexibility index (Phi) is 11.1. The zero-order valence-electron chi connectivity index (χ0n) is 22.4. The molecule has 1 unspecified atom stereocenters. The Morgan fingerprint density at radius 3 is 2.77 bits per heavy atom. The number of aromatic nitrogens is 2. The smallest absolute Gasteiger partial charge is 0.223 e. The molecular weight excluding hydrogens is 432 g/mol. The minimum absolute atomic E-state index is 0.327. The Labute approximate surface area is 212 Å². The van der Waals surface area contributed by atoms with Crippen LogP contribution in [0.15, 0.2) is 36.0 Å². The van der Waals surface area contributed by atoms with Crippen molar-refractivity contribution in [1.82, 2.24) is 19.8 Å². The maximum atomic E-state index is 13.2. The first kappa shape index (κ1) is 27.2. The Bertz CT molecular complexity index is 1020. The molecule has 0 bridgehead atoms. The van der Waals surface area contributed by atoms with E-state index in [0.29, 0.717) is 24.2 Å². The molecule has 2 aliphatic heterocycles. The molecule has 1 aliphatic carbocycles. The molecule has 0 aromatic carbocycles. The van der Waals surface area contributed by atoms with E-state index in [1.54, 1.807) is 0 Å². The number of piperidine rings is 1. The van der Waals surface area contributed by atoms with E-state index in [1.165, 1.54) is 10.9 Å². The SMILES string of the molecule is CC.CCCC(CC(=O)N1CCC(Cn2c(C)nc3/c2=C\CCNC\C=3)CC1)C1=CC=CCC=C1. The molecule has 1 amide bonds. The number of carbonyl (C=O) groups excluding carboxylic acids is 1. The highest BCUT2D eigenvalue weighted by Gasteiger charge is 2.26. The molecule has 1 saturated heterocycles. The second-order valence-electron chi connectivity index (χ2n) is 9.69. The molecule has 1 atom stereocenters. The van der Waals surface area contributed by atoms with Gasteiger partial charge in [-0.05, 0) is 69.1 Å². The van der Waals surface area contributed by atoms with Gasteiger partial charge in [-0.3, -0.25) is 4.79 Å². The van der Waals surface area contributed by atoms with Crippen LogP contribution in [0.25, 0.3) is 12.2 Å². The Balaban J connectivity index is 0.00000167. The fourth-order valence-corrected chi connectivity index (χ4v) is 5.35. The Hall–Kier alpha value is -2.40. The molecule has 5 heteroatoms. The van der Waals surface area contributed by atoms with Crippen LogP contribution in [-0.4, -0.2) is 46.5 Å². The first-order chi connectivity index (χ1) is 17.2. The molecule has 4 rings (SSSR count). The largest absolute Gasteiger partial charge is 0.343 e. The van der Waals surface area contributed by atoms with Gasteiger partial charge in [0.05, 0.1) is 10.7 Å². The van der Waals surface area contributed by atoms with E-state index in [1.807, 2.05) is 13.8 Å². The lowest BCUT2D eigenvalue weighted by atomic mass is 9.89. The van der Waals surface area contributed by atoms with Crippen molar-refractivity contribution in [1.29, 1.82) is 0 Å². The highest BCUT2D eigenvalue weighted by Crippen LogP contribution is 2.26. The summed E-state index contributed by atoms with van der Waals surface area (Å²) in [5.74, 6) is 2.36. The van der Waals surface area contributed by atoms with Gasteiger partial charge in [-0.15, -0.1) is 0 Å². The normalized spacial score (nSPS) is 21.0. The molecule has 3 heterocycles. The second kappa shape index (κ2) is 14.2. The van der Waals surface area contributed by atoms with E-state index >= 15 is 0 Å². The third-order valence-electron chi connectivity index (χ3n) is 7.27. The molecule has 0 saturated carbocycles. The number of amides is 1. The number of hydrogen-bond donors (Lipinski definition) is 1. The number of nitrogens with one attached hydrogen (secondary N) is 1. The molecule has 0 spiro atoms. The average Bonchev–Trinajstić information content (AvgIpc) is 3.03. The summed E-state index contributed by atoms with van der Waals surface area (Å²) in [5.41, 5.74) is 1.31. The van der Waals surface area contributed by atoms with Crippen molar-refractivity contribution in [2.45, 2.75) is 79.2 Å². The quantitative estimate of drug-likeness (QED) is 0.637. The van der Waals surface area contributed by atoms with Crippen molar-refractivity contribution >= 4 is 18.1 Å². The molecular formula is C30H46N4O. The van der Waals surface area contributed by atoms with Crippen LogP contribution in [0.4, 0.5) is 0 Å². The number of nitrogens with zero attached hydrogens (tertiary/aromatic N) is 3. The van der Waals surface area contributed by atoms with E-state index < -0.39 is 0 Å². The number of allylic oxidation sites excluding steroid dienone is 6. The van der Waals surface area contributed by atoms with Crippen LogP contribution < -0.4 is 16.0 Å². The lowest BCUT2D eigenvalue weighted by Crippen LogP contribution is -2.41. The molecule has 1 aromatic rings. The third-order valence-corrected chi connectivity index (χ3v) is 7.27. The molecule has 1 aromatic heterocycles. The van der Waals surface area contributed by atoms with Gasteiger partial charge in [0.15, 0.2) is 0 Å². The number of carbonyl (C=O) groups is 1. The summed E-state index contributed by atoms with van der Waals surface area (Å²) in [6.45, 7) is 13.0. The molecule has 0 radical (unpaired) electrons. The van der Waals surface area contributed by atoms with Gasteiger partial charge >= 0.3 is 0 Å². The van der Waals surface area contributed by atoms with E-state index in [4.69, 9.17) is 4.98 Å². The van der Waals surface area contributed by atoms with Crippen molar-refractivity contribution in [2.75, 3.05) is 26.2 Å². The predicted octanol–water partition coefficient (Wildman–Crippen LogP) is 4.26. The number of aryl methyl sites for hydroxylation is 1. The van der Waals surface area contributed by atoms with Gasteiger partial charge < -0.3 is 14.8 Å². The molecule has 5 nitrogen and oxygen atoms in total. The molecule has 35 heavy (non-hydrogen) atoms. The predicted molar refractivity (Wildman–Crippen MR) is 147 cm³/mol. The zero-order valence-corrected chi connectivity index (χ0v) is 22.4. The number of hydrogen-bond acceptors (Lipinski definition) is 3. The van der Waals surface area contributed by atoms with Gasteiger partial charge in [-0.2, -0.15) is 0 Å². The van der Waals surface area contributed by atoms with Crippen molar-refractivity contribution in [3.8, 4) is 0 Å². The van der Waals surface area contributed by atoms with Crippen molar-refractivity contribution in [2.24, 2.45) is 11.8 Å². The number of imidazole rings is 1. The van der Waals surface area contributed by atoms with Crippen molar-refractivity contribution < 1.29 is 4.79 Å². The number of fused-ring (bicyclic) bond motifs is 1. The fraction of sp³-hybridized carbons (Fsp3) is 0.600. The molecule has 1 N–H and O–H groups in total. The number of rotatable bonds is 7. The minimum Gasteiger partial charge on any atom is -0.343 e. The zero-order chi connectivity index (χ0) is 25.0. The van der Waals surface area contributed by atoms with Crippen molar-refractivity contribution in [3.05, 3.63) is 52.5 Å². The fourth-order valence-electron chi connectivity index (χ4n) is 5.35. The maximum absolute atomic E-state index is 13.2. The van der Waals surface area contributed by atoms with Crippen LogP contribution in [0.5, 0.6) is 0 Å². The van der Waals surface area contributed by atoms with Gasteiger partial charge in [0.1, 0.15) is 5.82 Å². The van der Waals surface area contributed by atoms with E-state index in [0.717, 1.165) is 82.4 Å². The summed E-state index contributed by atoms with van der Waals surface area (Å²) in [5, 5.41) is 5.82. The van der Waals surface area contributed by atoms with Crippen LogP contribution in [0.3, 0.4) is 0 Å². The van der Waals surface area contributed by atoms with Crippen molar-refractivity contribution in [3.63, 3.8) is 0 Å². The lowest BCUT2D eigenvalue weighted by Gasteiger charge is -2.33. The standard InChI is InChI=1S/C28H40N4O.C2H6/c1-3-9-25(24-10-6-4-5-7-11-24)20-28(33)31-18-14-23(15-19-31)21-32-22(2)30-26-13-17-29-16-8-12-27(26)32;1-2/h4,6-7,10-13,23,25,29H,3,5,8-9,14-21H2,1-2H3;1-2H3/b26-13+,27-12+;. The van der Waals surface area contributed by atoms with E-state index in [-0.39, 0.29) is 0 Å². The average molecular weight is 479 g/mol. The van der Waals surface area contributed by atoms with E-state index in [2.05, 4.69) is 71.2 Å². The summed E-state index contributed by atoms with van der Waals surface area (Å²) >= 11 is 0. The first-order valence-corrected chi connectivity index (χ1v) is 13.9. The van der Waals surface area contributed by atoms with Gasteiger partial charge in [-0.25, -0.2) is 4.98 Å². The topological polar surface area (TPSA) is 50.2 Å². The molecule has 1 fully saturated rings. The van der Waals surface area contributed by atoms with Crippen LogP contribution >= 0.6 is 0 Å². The van der Waals surface area contributed by atoms with Gasteiger partial charge in [0.25, 0.3) is 0 Å². The van der Waals surface area contributed by atoms with Gasteiger partial charge in [0.2, 0.25) is 5.91 Å². The third kappa shape index (κ3) is 7.54. The van der Waals surface area contributed by atoms with E-state index in [9.17, 15) is 4.79 Å². The highest BCUT2D eigenvalue weighted by atomic mass is 16.2. The summed E-state index contributed by atoms with van der Waals surface area (Å²) in [6, 6.07) is 0. The van der Waals surface area contributed by atoms with Crippen LogP contribution in [0.2, 0.25) is 0 Å². The Morgan fingerprint density at radius 2 is 2.00 bits per heavy atom. The maximum Gasteiger partial charge on any atom is 0.223 e. The van der Waals surface area contributed by atoms with Crippen LogP contribution in [0, 0.1) is 18.8 Å². The number of likely N-dealkylation sites (tertiary alicyclic amines) is 1. The van der Waals surface area contributed by atoms with Gasteiger partial charge in [-0.1, -0.05) is 63.6 Å². The highest BCUT2D eigenvalue weighted by molar-refractivity contribution is 5.77. The molecule has 3 aliphatic rings. The second-order valence-corrected chi connectivity index (χ2v) is 9.69. The first-order valence-electron chi connectivity index (χ1n) is 13.9. The van der Waals surface area contributed by atoms with Crippen LogP contribution in [-0.2, 0) is 11.3 Å². The monoisotopic (exact) mass is 478 g/mol. The van der Waals surface area contributed by atoms with Gasteiger partial charge in [0, 0.05) is 32.6 Å². The van der Waals surface area contributed by atoms with Crippen LogP contribution in [0.1, 0.15) is 71.5 Å². The summed E-state index contributed by atoms with van der Waals surface area (Å²) in [6.07, 6.45) is 22.5.